The summed E-state index contributed by atoms with van der Waals surface area (Å²) in [6, 6.07) is 13.1. The molecule has 0 aliphatic rings. The van der Waals surface area contributed by atoms with Gasteiger partial charge in [0.1, 0.15) is 0 Å². The predicted octanol–water partition coefficient (Wildman–Crippen LogP) is 4.35. The summed E-state index contributed by atoms with van der Waals surface area (Å²) in [5, 5.41) is 4.39. The first kappa shape index (κ1) is 14.6. The molecule has 1 N–H and O–H groups in total. The molecule has 0 aliphatic heterocycles. The summed E-state index contributed by atoms with van der Waals surface area (Å²) in [6.45, 7) is 0. The van der Waals surface area contributed by atoms with Crippen LogP contribution in [0.15, 0.2) is 57.7 Å². The van der Waals surface area contributed by atoms with E-state index in [-0.39, 0.29) is 5.76 Å². The molecule has 0 atom stereocenters. The molecule has 1 heterocycles. The molecule has 1 aromatic heterocycles. The minimum Gasteiger partial charge on any atom is -0.417 e. The van der Waals surface area contributed by atoms with Crippen molar-refractivity contribution >= 4 is 45.6 Å². The van der Waals surface area contributed by atoms with Crippen LogP contribution in [0.25, 0.3) is 10.8 Å². The van der Waals surface area contributed by atoms with E-state index < -0.39 is 11.5 Å². The van der Waals surface area contributed by atoms with Gasteiger partial charge in [-0.2, -0.15) is 0 Å². The lowest BCUT2D eigenvalue weighted by molar-refractivity contribution is 0.0993. The third-order valence-corrected chi connectivity index (χ3v) is 3.62. The van der Waals surface area contributed by atoms with Crippen LogP contribution < -0.4 is 10.9 Å². The highest BCUT2D eigenvalue weighted by molar-refractivity contribution is 6.36. The van der Waals surface area contributed by atoms with E-state index in [9.17, 15) is 9.59 Å². The van der Waals surface area contributed by atoms with E-state index in [0.29, 0.717) is 26.5 Å². The maximum Gasteiger partial charge on any atom is 0.344 e. The minimum atomic E-state index is -0.564. The Kier molecular flexibility index (Phi) is 3.88. The number of carbonyl (C=O) groups is 1. The van der Waals surface area contributed by atoms with Gasteiger partial charge in [-0.15, -0.1) is 0 Å². The van der Waals surface area contributed by atoms with Crippen LogP contribution in [0.5, 0.6) is 0 Å². The van der Waals surface area contributed by atoms with Gasteiger partial charge >= 0.3 is 5.63 Å². The second-order valence-corrected chi connectivity index (χ2v) is 5.41. The summed E-state index contributed by atoms with van der Waals surface area (Å²) in [5.41, 5.74) is -0.183. The highest BCUT2D eigenvalue weighted by Gasteiger charge is 2.13. The normalized spacial score (nSPS) is 10.6. The molecule has 0 aliphatic carbocycles. The summed E-state index contributed by atoms with van der Waals surface area (Å²) in [4.78, 5) is 24.1. The van der Waals surface area contributed by atoms with Gasteiger partial charge in [-0.3, -0.25) is 4.79 Å². The number of hydrogen-bond acceptors (Lipinski definition) is 3. The smallest absolute Gasteiger partial charge is 0.344 e. The van der Waals surface area contributed by atoms with Crippen molar-refractivity contribution in [3.63, 3.8) is 0 Å². The molecule has 0 saturated heterocycles. The molecule has 22 heavy (non-hydrogen) atoms. The molecule has 6 heteroatoms. The zero-order valence-corrected chi connectivity index (χ0v) is 12.6. The molecule has 1 amide bonds. The quantitative estimate of drug-likeness (QED) is 0.758. The monoisotopic (exact) mass is 333 g/mol. The van der Waals surface area contributed by atoms with Crippen LogP contribution in [-0.2, 0) is 0 Å². The van der Waals surface area contributed by atoms with Crippen LogP contribution >= 0.6 is 23.2 Å². The average molecular weight is 334 g/mol. The van der Waals surface area contributed by atoms with E-state index in [4.69, 9.17) is 27.6 Å². The van der Waals surface area contributed by atoms with Crippen LogP contribution in [0.2, 0.25) is 10.0 Å². The third kappa shape index (κ3) is 2.84. The maximum atomic E-state index is 12.2. The number of nitrogens with one attached hydrogen (secondary N) is 1. The van der Waals surface area contributed by atoms with Crippen LogP contribution in [0.4, 0.5) is 5.69 Å². The number of amides is 1. The van der Waals surface area contributed by atoms with Gasteiger partial charge in [-0.05, 0) is 35.7 Å². The third-order valence-electron chi connectivity index (χ3n) is 3.07. The number of anilines is 1. The number of halogens is 2. The minimum absolute atomic E-state index is 0.0882. The zero-order chi connectivity index (χ0) is 15.7. The number of fused-ring (bicyclic) bond motifs is 1. The van der Waals surface area contributed by atoms with E-state index in [0.717, 1.165) is 0 Å². The Morgan fingerprint density at radius 3 is 2.59 bits per heavy atom. The molecule has 4 nitrogen and oxygen atoms in total. The lowest BCUT2D eigenvalue weighted by atomic mass is 10.1. The number of hydrogen-bond donors (Lipinski definition) is 1. The highest BCUT2D eigenvalue weighted by Crippen LogP contribution is 2.26. The highest BCUT2D eigenvalue weighted by atomic mass is 35.5. The standard InChI is InChI=1S/C16H9Cl2NO3/c17-10-5-6-13(12(18)8-10)19-15(20)14-7-9-3-1-2-4-11(9)16(21)22-14/h1-8H,(H,19,20). The average Bonchev–Trinajstić information content (AvgIpc) is 2.50. The molecule has 0 bridgehead atoms. The fourth-order valence-corrected chi connectivity index (χ4v) is 2.48. The molecule has 2 aromatic carbocycles. The fourth-order valence-electron chi connectivity index (χ4n) is 2.02. The molecular weight excluding hydrogens is 325 g/mol. The van der Waals surface area contributed by atoms with Gasteiger partial charge in [0.15, 0.2) is 5.76 Å². The Labute approximate surface area is 135 Å². The first-order chi connectivity index (χ1) is 10.5. The maximum absolute atomic E-state index is 12.2. The van der Waals surface area contributed by atoms with Crippen LogP contribution in [0.1, 0.15) is 10.6 Å². The van der Waals surface area contributed by atoms with Crippen molar-refractivity contribution in [2.75, 3.05) is 5.32 Å². The summed E-state index contributed by atoms with van der Waals surface area (Å²) in [5.74, 6) is -0.651. The van der Waals surface area contributed by atoms with Crippen molar-refractivity contribution in [3.05, 3.63) is 74.8 Å². The molecular formula is C16H9Cl2NO3. The number of carbonyl (C=O) groups excluding carboxylic acids is 1. The SMILES string of the molecule is O=C(Nc1ccc(Cl)cc1Cl)c1cc2ccccc2c(=O)o1. The van der Waals surface area contributed by atoms with Gasteiger partial charge in [0.25, 0.3) is 5.91 Å². The van der Waals surface area contributed by atoms with Crippen molar-refractivity contribution in [2.45, 2.75) is 0 Å². The van der Waals surface area contributed by atoms with Gasteiger partial charge in [0.2, 0.25) is 0 Å². The Bertz CT molecular complexity index is 934. The first-order valence-corrected chi connectivity index (χ1v) is 7.09. The lowest BCUT2D eigenvalue weighted by Crippen LogP contribution is -2.15. The molecule has 110 valence electrons. The van der Waals surface area contributed by atoms with Gasteiger partial charge in [-0.25, -0.2) is 4.79 Å². The largest absolute Gasteiger partial charge is 0.417 e. The summed E-state index contributed by atoms with van der Waals surface area (Å²) in [7, 11) is 0. The Morgan fingerprint density at radius 2 is 1.82 bits per heavy atom. The van der Waals surface area contributed by atoms with Crippen molar-refractivity contribution in [1.82, 2.24) is 0 Å². The lowest BCUT2D eigenvalue weighted by Gasteiger charge is -2.07. The molecule has 0 unspecified atom stereocenters. The van der Waals surface area contributed by atoms with E-state index in [1.807, 2.05) is 0 Å². The topological polar surface area (TPSA) is 59.3 Å². The second kappa shape index (κ2) is 5.83. The second-order valence-electron chi connectivity index (χ2n) is 4.56. The van der Waals surface area contributed by atoms with Gasteiger partial charge in [0.05, 0.1) is 16.1 Å². The summed E-state index contributed by atoms with van der Waals surface area (Å²) in [6.07, 6.45) is 0. The Morgan fingerprint density at radius 1 is 1.05 bits per heavy atom. The van der Waals surface area contributed by atoms with Crippen molar-refractivity contribution in [2.24, 2.45) is 0 Å². The first-order valence-electron chi connectivity index (χ1n) is 6.34. The van der Waals surface area contributed by atoms with Crippen molar-refractivity contribution < 1.29 is 9.21 Å². The van der Waals surface area contributed by atoms with Gasteiger partial charge < -0.3 is 9.73 Å². The van der Waals surface area contributed by atoms with Gasteiger partial charge in [-0.1, -0.05) is 41.4 Å². The van der Waals surface area contributed by atoms with Crippen molar-refractivity contribution in [1.29, 1.82) is 0 Å². The molecule has 0 fully saturated rings. The number of rotatable bonds is 2. The molecule has 0 saturated carbocycles. The van der Waals surface area contributed by atoms with E-state index in [2.05, 4.69) is 5.32 Å². The van der Waals surface area contributed by atoms with E-state index >= 15 is 0 Å². The van der Waals surface area contributed by atoms with Crippen LogP contribution in [0, 0.1) is 0 Å². The van der Waals surface area contributed by atoms with E-state index in [1.54, 1.807) is 36.4 Å². The summed E-state index contributed by atoms with van der Waals surface area (Å²) < 4.78 is 5.05. The molecule has 0 radical (unpaired) electrons. The number of benzene rings is 2. The van der Waals surface area contributed by atoms with Crippen LogP contribution in [0.3, 0.4) is 0 Å². The van der Waals surface area contributed by atoms with E-state index in [1.165, 1.54) is 12.1 Å². The van der Waals surface area contributed by atoms with Gasteiger partial charge in [0, 0.05) is 5.02 Å². The molecule has 0 spiro atoms. The Balaban J connectivity index is 1.97. The fraction of sp³-hybridized carbons (Fsp3) is 0. The zero-order valence-electron chi connectivity index (χ0n) is 11.1. The predicted molar refractivity (Wildman–Crippen MR) is 86.9 cm³/mol. The summed E-state index contributed by atoms with van der Waals surface area (Å²) >= 11 is 11.8. The molecule has 3 rings (SSSR count). The van der Waals surface area contributed by atoms with Crippen LogP contribution in [-0.4, -0.2) is 5.91 Å². The molecule has 3 aromatic rings. The van der Waals surface area contributed by atoms with Crippen molar-refractivity contribution in [3.8, 4) is 0 Å². The Hall–Kier alpha value is -2.30.